The van der Waals surface area contributed by atoms with Crippen LogP contribution in [-0.2, 0) is 0 Å². The monoisotopic (exact) mass is 221 g/mol. The van der Waals surface area contributed by atoms with E-state index in [-0.39, 0.29) is 0 Å². The first-order chi connectivity index (χ1) is 7.24. The second-order valence-electron chi connectivity index (χ2n) is 3.15. The minimum atomic E-state index is 0.493. The minimum Gasteiger partial charge on any atom is -0.0937 e. The van der Waals surface area contributed by atoms with E-state index in [1.807, 2.05) is 37.3 Å². The highest BCUT2D eigenvalue weighted by atomic mass is 35.5. The molecule has 0 saturated carbocycles. The molecule has 1 aromatic carbocycles. The van der Waals surface area contributed by atoms with Crippen LogP contribution in [0.2, 0.25) is 5.02 Å². The molecule has 0 N–H and O–H groups in total. The molecule has 0 aromatic heterocycles. The summed E-state index contributed by atoms with van der Waals surface area (Å²) in [5.74, 6) is 0. The van der Waals surface area contributed by atoms with Crippen molar-refractivity contribution in [3.8, 4) is 0 Å². The number of azide groups is 1. The molecule has 4 heteroatoms. The first-order valence-electron chi connectivity index (χ1n) is 4.67. The number of aryl methyl sites for hydroxylation is 1. The van der Waals surface area contributed by atoms with E-state index in [1.165, 1.54) is 5.56 Å². The maximum atomic E-state index is 8.08. The Kier molecular flexibility index (Phi) is 4.75. The summed E-state index contributed by atoms with van der Waals surface area (Å²) in [7, 11) is 0. The topological polar surface area (TPSA) is 48.8 Å². The average molecular weight is 222 g/mol. The van der Waals surface area contributed by atoms with Crippen molar-refractivity contribution in [3.05, 3.63) is 50.9 Å². The Labute approximate surface area is 94.0 Å². The van der Waals surface area contributed by atoms with Crippen molar-refractivity contribution >= 4 is 17.7 Å². The molecule has 0 aliphatic carbocycles. The van der Waals surface area contributed by atoms with Crippen molar-refractivity contribution in [2.75, 3.05) is 6.54 Å². The van der Waals surface area contributed by atoms with Gasteiger partial charge in [0, 0.05) is 16.5 Å². The summed E-state index contributed by atoms with van der Waals surface area (Å²) in [6.07, 6.45) is 4.72. The first-order valence-corrected chi connectivity index (χ1v) is 5.05. The van der Waals surface area contributed by atoms with E-state index in [0.717, 1.165) is 17.0 Å². The number of rotatable bonds is 4. The van der Waals surface area contributed by atoms with Crippen LogP contribution in [0.15, 0.2) is 29.4 Å². The van der Waals surface area contributed by atoms with Gasteiger partial charge in [-0.2, -0.15) is 0 Å². The summed E-state index contributed by atoms with van der Waals surface area (Å²) in [5.41, 5.74) is 10.4. The SMILES string of the molecule is Cc1ccc(Cl)cc1C=CCCN=[N+]=[N-]. The van der Waals surface area contributed by atoms with Crippen molar-refractivity contribution in [1.29, 1.82) is 0 Å². The van der Waals surface area contributed by atoms with E-state index >= 15 is 0 Å². The van der Waals surface area contributed by atoms with Crippen molar-refractivity contribution in [2.45, 2.75) is 13.3 Å². The lowest BCUT2D eigenvalue weighted by atomic mass is 10.1. The zero-order chi connectivity index (χ0) is 11.1. The van der Waals surface area contributed by atoms with Crippen LogP contribution in [-0.4, -0.2) is 6.54 Å². The zero-order valence-corrected chi connectivity index (χ0v) is 9.28. The summed E-state index contributed by atoms with van der Waals surface area (Å²) in [6, 6.07) is 5.77. The standard InChI is InChI=1S/C11H12ClN3/c1-9-5-6-11(12)8-10(9)4-2-3-7-14-15-13/h2,4-6,8H,3,7H2,1H3. The Morgan fingerprint density at radius 2 is 2.33 bits per heavy atom. The summed E-state index contributed by atoms with van der Waals surface area (Å²) in [6.45, 7) is 2.52. The lowest BCUT2D eigenvalue weighted by Gasteiger charge is -2.00. The summed E-state index contributed by atoms with van der Waals surface area (Å²) >= 11 is 5.88. The lowest BCUT2D eigenvalue weighted by Crippen LogP contribution is -1.80. The molecule has 0 aliphatic rings. The van der Waals surface area contributed by atoms with E-state index in [9.17, 15) is 0 Å². The molecule has 1 aromatic rings. The van der Waals surface area contributed by atoms with Crippen LogP contribution in [0.1, 0.15) is 17.5 Å². The second-order valence-corrected chi connectivity index (χ2v) is 3.58. The molecular formula is C11H12ClN3. The van der Waals surface area contributed by atoms with Crippen LogP contribution in [0.4, 0.5) is 0 Å². The number of benzene rings is 1. The van der Waals surface area contributed by atoms with Crippen molar-refractivity contribution in [1.82, 2.24) is 0 Å². The molecule has 0 saturated heterocycles. The number of halogens is 1. The van der Waals surface area contributed by atoms with Gasteiger partial charge in [0.25, 0.3) is 0 Å². The molecule has 0 fully saturated rings. The molecule has 0 aliphatic heterocycles. The molecule has 0 radical (unpaired) electrons. The van der Waals surface area contributed by atoms with Crippen LogP contribution < -0.4 is 0 Å². The first kappa shape index (κ1) is 11.6. The van der Waals surface area contributed by atoms with E-state index in [4.69, 9.17) is 17.1 Å². The van der Waals surface area contributed by atoms with E-state index in [0.29, 0.717) is 6.54 Å². The summed E-state index contributed by atoms with van der Waals surface area (Å²) in [4.78, 5) is 2.68. The highest BCUT2D eigenvalue weighted by molar-refractivity contribution is 6.30. The van der Waals surface area contributed by atoms with Crippen molar-refractivity contribution < 1.29 is 0 Å². The second kappa shape index (κ2) is 6.12. The molecule has 78 valence electrons. The molecule has 3 nitrogen and oxygen atoms in total. The predicted octanol–water partition coefficient (Wildman–Crippen LogP) is 4.36. The Balaban J connectivity index is 2.63. The largest absolute Gasteiger partial charge is 0.0937 e. The highest BCUT2D eigenvalue weighted by Gasteiger charge is 1.94. The molecule has 0 spiro atoms. The molecular weight excluding hydrogens is 210 g/mol. The number of hydrogen-bond donors (Lipinski definition) is 0. The Hall–Kier alpha value is -1.44. The smallest absolute Gasteiger partial charge is 0.0412 e. The Bertz CT molecular complexity index is 406. The normalized spacial score (nSPS) is 10.3. The molecule has 0 unspecified atom stereocenters. The van der Waals surface area contributed by atoms with Gasteiger partial charge in [0.15, 0.2) is 0 Å². The molecule has 0 amide bonds. The van der Waals surface area contributed by atoms with Gasteiger partial charge in [-0.1, -0.05) is 34.9 Å². The van der Waals surface area contributed by atoms with Crippen LogP contribution in [0.3, 0.4) is 0 Å². The molecule has 0 bridgehead atoms. The number of hydrogen-bond acceptors (Lipinski definition) is 1. The average Bonchev–Trinajstić information content (AvgIpc) is 2.23. The fraction of sp³-hybridized carbons (Fsp3) is 0.273. The predicted molar refractivity (Wildman–Crippen MR) is 63.9 cm³/mol. The van der Waals surface area contributed by atoms with Gasteiger partial charge in [-0.15, -0.1) is 0 Å². The quantitative estimate of drug-likeness (QED) is 0.314. The molecule has 15 heavy (non-hydrogen) atoms. The highest BCUT2D eigenvalue weighted by Crippen LogP contribution is 2.16. The number of nitrogens with zero attached hydrogens (tertiary/aromatic N) is 3. The van der Waals surface area contributed by atoms with Crippen LogP contribution in [0.5, 0.6) is 0 Å². The van der Waals surface area contributed by atoms with Gasteiger partial charge in [0.2, 0.25) is 0 Å². The van der Waals surface area contributed by atoms with Gasteiger partial charge in [0.05, 0.1) is 0 Å². The van der Waals surface area contributed by atoms with Gasteiger partial charge in [-0.05, 0) is 42.1 Å². The third-order valence-electron chi connectivity index (χ3n) is 2.00. The third-order valence-corrected chi connectivity index (χ3v) is 2.23. The van der Waals surface area contributed by atoms with Crippen LogP contribution in [0, 0.1) is 6.92 Å². The van der Waals surface area contributed by atoms with Crippen molar-refractivity contribution in [3.63, 3.8) is 0 Å². The van der Waals surface area contributed by atoms with Crippen molar-refractivity contribution in [2.24, 2.45) is 5.11 Å². The van der Waals surface area contributed by atoms with Crippen LogP contribution >= 0.6 is 11.6 Å². The van der Waals surface area contributed by atoms with Crippen LogP contribution in [0.25, 0.3) is 16.5 Å². The van der Waals surface area contributed by atoms with Gasteiger partial charge in [-0.25, -0.2) is 0 Å². The van der Waals surface area contributed by atoms with E-state index < -0.39 is 0 Å². The Morgan fingerprint density at radius 3 is 3.07 bits per heavy atom. The summed E-state index contributed by atoms with van der Waals surface area (Å²) < 4.78 is 0. The van der Waals surface area contributed by atoms with E-state index in [2.05, 4.69) is 10.0 Å². The van der Waals surface area contributed by atoms with Gasteiger partial charge >= 0.3 is 0 Å². The van der Waals surface area contributed by atoms with E-state index in [1.54, 1.807) is 0 Å². The zero-order valence-electron chi connectivity index (χ0n) is 8.52. The third kappa shape index (κ3) is 4.07. The van der Waals surface area contributed by atoms with Gasteiger partial charge in [0.1, 0.15) is 0 Å². The Morgan fingerprint density at radius 1 is 1.53 bits per heavy atom. The molecule has 0 heterocycles. The lowest BCUT2D eigenvalue weighted by molar-refractivity contribution is 0.995. The fourth-order valence-corrected chi connectivity index (χ4v) is 1.36. The molecule has 0 atom stereocenters. The molecule has 1 rings (SSSR count). The minimum absolute atomic E-state index is 0.493. The van der Waals surface area contributed by atoms with Gasteiger partial charge < -0.3 is 0 Å². The maximum Gasteiger partial charge on any atom is 0.0412 e. The maximum absolute atomic E-state index is 8.08. The van der Waals surface area contributed by atoms with Gasteiger partial charge in [-0.3, -0.25) is 0 Å². The summed E-state index contributed by atoms with van der Waals surface area (Å²) in [5, 5.41) is 4.18. The fourth-order valence-electron chi connectivity index (χ4n) is 1.18.